The molecule has 0 aliphatic heterocycles. The summed E-state index contributed by atoms with van der Waals surface area (Å²) in [4.78, 5) is 10.9. The number of amides is 1. The summed E-state index contributed by atoms with van der Waals surface area (Å²) in [6.45, 7) is 1.55. The van der Waals surface area contributed by atoms with Crippen molar-refractivity contribution < 1.29 is 4.79 Å². The maximum atomic E-state index is 10.9. The SMILES string of the molecule is CC(=O)NC1[CH]Cc2ccccc21. The monoisotopic (exact) mass is 174 g/mol. The lowest BCUT2D eigenvalue weighted by Crippen LogP contribution is -2.24. The first kappa shape index (κ1) is 8.30. The van der Waals surface area contributed by atoms with E-state index in [9.17, 15) is 4.79 Å². The number of rotatable bonds is 1. The Bertz CT molecular complexity index is 333. The molecule has 1 aromatic carbocycles. The highest BCUT2D eigenvalue weighted by Gasteiger charge is 2.22. The van der Waals surface area contributed by atoms with Gasteiger partial charge in [-0.1, -0.05) is 24.3 Å². The van der Waals surface area contributed by atoms with Crippen LogP contribution < -0.4 is 5.32 Å². The van der Waals surface area contributed by atoms with Gasteiger partial charge in [0, 0.05) is 6.92 Å². The van der Waals surface area contributed by atoms with Crippen molar-refractivity contribution in [3.05, 3.63) is 41.8 Å². The summed E-state index contributed by atoms with van der Waals surface area (Å²) >= 11 is 0. The Morgan fingerprint density at radius 3 is 3.00 bits per heavy atom. The van der Waals surface area contributed by atoms with Crippen LogP contribution in [0.1, 0.15) is 24.1 Å². The summed E-state index contributed by atoms with van der Waals surface area (Å²) in [5.41, 5.74) is 2.55. The lowest BCUT2D eigenvalue weighted by molar-refractivity contribution is -0.119. The second kappa shape index (κ2) is 3.21. The van der Waals surface area contributed by atoms with E-state index < -0.39 is 0 Å². The molecule has 1 aliphatic rings. The molecular formula is C11H12NO. The first-order chi connectivity index (χ1) is 6.27. The van der Waals surface area contributed by atoms with Gasteiger partial charge in [-0.15, -0.1) is 0 Å². The number of nitrogens with one attached hydrogen (secondary N) is 1. The molecule has 0 bridgehead atoms. The van der Waals surface area contributed by atoms with E-state index in [4.69, 9.17) is 0 Å². The van der Waals surface area contributed by atoms with Crippen LogP contribution in [0.15, 0.2) is 24.3 Å². The van der Waals surface area contributed by atoms with Crippen molar-refractivity contribution in [2.45, 2.75) is 19.4 Å². The first-order valence-electron chi connectivity index (χ1n) is 4.45. The molecule has 2 nitrogen and oxygen atoms in total. The molecule has 1 aromatic rings. The molecule has 1 radical (unpaired) electrons. The summed E-state index contributed by atoms with van der Waals surface area (Å²) in [6.07, 6.45) is 3.09. The van der Waals surface area contributed by atoms with Crippen LogP contribution in [-0.2, 0) is 11.2 Å². The minimum Gasteiger partial charge on any atom is -0.349 e. The molecule has 1 unspecified atom stereocenters. The third-order valence-corrected chi connectivity index (χ3v) is 2.32. The summed E-state index contributed by atoms with van der Waals surface area (Å²) < 4.78 is 0. The number of fused-ring (bicyclic) bond motifs is 1. The molecule has 1 atom stereocenters. The summed E-state index contributed by atoms with van der Waals surface area (Å²) in [7, 11) is 0. The van der Waals surface area contributed by atoms with Crippen LogP contribution in [-0.4, -0.2) is 5.91 Å². The van der Waals surface area contributed by atoms with Crippen molar-refractivity contribution in [1.82, 2.24) is 5.32 Å². The Morgan fingerprint density at radius 2 is 2.23 bits per heavy atom. The van der Waals surface area contributed by atoms with Crippen molar-refractivity contribution in [2.75, 3.05) is 0 Å². The predicted molar refractivity (Wildman–Crippen MR) is 51.0 cm³/mol. The van der Waals surface area contributed by atoms with Crippen LogP contribution in [0, 0.1) is 6.42 Å². The van der Waals surface area contributed by atoms with Gasteiger partial charge in [0.05, 0.1) is 6.04 Å². The molecule has 0 aromatic heterocycles. The van der Waals surface area contributed by atoms with Crippen LogP contribution in [0.5, 0.6) is 0 Å². The van der Waals surface area contributed by atoms with Crippen molar-refractivity contribution in [2.24, 2.45) is 0 Å². The van der Waals surface area contributed by atoms with Crippen molar-refractivity contribution in [3.8, 4) is 0 Å². The molecule has 2 rings (SSSR count). The summed E-state index contributed by atoms with van der Waals surface area (Å²) in [6, 6.07) is 8.33. The van der Waals surface area contributed by atoms with E-state index in [2.05, 4.69) is 23.9 Å². The molecular weight excluding hydrogens is 162 g/mol. The van der Waals surface area contributed by atoms with Gasteiger partial charge in [0.1, 0.15) is 0 Å². The molecule has 1 N–H and O–H groups in total. The van der Waals surface area contributed by atoms with Gasteiger partial charge in [-0.25, -0.2) is 0 Å². The topological polar surface area (TPSA) is 29.1 Å². The molecule has 13 heavy (non-hydrogen) atoms. The Balaban J connectivity index is 2.23. The maximum absolute atomic E-state index is 10.9. The van der Waals surface area contributed by atoms with Crippen LogP contribution in [0.25, 0.3) is 0 Å². The zero-order chi connectivity index (χ0) is 9.26. The zero-order valence-electron chi connectivity index (χ0n) is 7.58. The second-order valence-electron chi connectivity index (χ2n) is 3.32. The van der Waals surface area contributed by atoms with E-state index in [0.29, 0.717) is 0 Å². The molecule has 2 heteroatoms. The van der Waals surface area contributed by atoms with Gasteiger partial charge in [0.2, 0.25) is 5.91 Å². The van der Waals surface area contributed by atoms with Crippen LogP contribution in [0.4, 0.5) is 0 Å². The third-order valence-electron chi connectivity index (χ3n) is 2.32. The average molecular weight is 174 g/mol. The average Bonchev–Trinajstić information content (AvgIpc) is 2.48. The Morgan fingerprint density at radius 1 is 1.46 bits per heavy atom. The number of hydrogen-bond acceptors (Lipinski definition) is 1. The molecule has 1 amide bonds. The van der Waals surface area contributed by atoms with Gasteiger partial charge in [-0.3, -0.25) is 4.79 Å². The van der Waals surface area contributed by atoms with Crippen molar-refractivity contribution >= 4 is 5.91 Å². The zero-order valence-corrected chi connectivity index (χ0v) is 7.58. The molecule has 0 heterocycles. The molecule has 1 aliphatic carbocycles. The van der Waals surface area contributed by atoms with E-state index in [0.717, 1.165) is 6.42 Å². The number of benzene rings is 1. The highest BCUT2D eigenvalue weighted by atomic mass is 16.1. The van der Waals surface area contributed by atoms with E-state index in [-0.39, 0.29) is 11.9 Å². The van der Waals surface area contributed by atoms with Crippen LogP contribution in [0.2, 0.25) is 0 Å². The van der Waals surface area contributed by atoms with Gasteiger partial charge in [-0.05, 0) is 24.0 Å². The normalized spacial score (nSPS) is 19.6. The predicted octanol–water partition coefficient (Wildman–Crippen LogP) is 1.62. The van der Waals surface area contributed by atoms with Gasteiger partial charge in [-0.2, -0.15) is 0 Å². The van der Waals surface area contributed by atoms with Crippen LogP contribution >= 0.6 is 0 Å². The highest BCUT2D eigenvalue weighted by Crippen LogP contribution is 2.29. The highest BCUT2D eigenvalue weighted by molar-refractivity contribution is 5.74. The quantitative estimate of drug-likeness (QED) is 0.688. The third kappa shape index (κ3) is 1.57. The Kier molecular flexibility index (Phi) is 2.05. The largest absolute Gasteiger partial charge is 0.349 e. The molecule has 0 fully saturated rings. The van der Waals surface area contributed by atoms with Gasteiger partial charge in [0.25, 0.3) is 0 Å². The van der Waals surface area contributed by atoms with E-state index in [1.807, 2.05) is 12.1 Å². The number of carbonyl (C=O) groups is 1. The fourth-order valence-electron chi connectivity index (χ4n) is 1.75. The molecule has 0 spiro atoms. The second-order valence-corrected chi connectivity index (χ2v) is 3.32. The lowest BCUT2D eigenvalue weighted by atomic mass is 10.1. The van der Waals surface area contributed by atoms with E-state index in [1.165, 1.54) is 11.1 Å². The smallest absolute Gasteiger partial charge is 0.217 e. The van der Waals surface area contributed by atoms with E-state index >= 15 is 0 Å². The van der Waals surface area contributed by atoms with Gasteiger partial charge in [0.15, 0.2) is 0 Å². The Hall–Kier alpha value is -1.31. The summed E-state index contributed by atoms with van der Waals surface area (Å²) in [5.74, 6) is 0.0259. The fraction of sp³-hybridized carbons (Fsp3) is 0.273. The van der Waals surface area contributed by atoms with Crippen LogP contribution in [0.3, 0.4) is 0 Å². The fourth-order valence-corrected chi connectivity index (χ4v) is 1.75. The molecule has 0 saturated carbocycles. The maximum Gasteiger partial charge on any atom is 0.217 e. The number of carbonyl (C=O) groups excluding carboxylic acids is 1. The van der Waals surface area contributed by atoms with Crippen molar-refractivity contribution in [1.29, 1.82) is 0 Å². The molecule has 0 saturated heterocycles. The lowest BCUT2D eigenvalue weighted by Gasteiger charge is -2.11. The number of hydrogen-bond donors (Lipinski definition) is 1. The van der Waals surface area contributed by atoms with Gasteiger partial charge < -0.3 is 5.32 Å². The van der Waals surface area contributed by atoms with Crippen molar-refractivity contribution in [3.63, 3.8) is 0 Å². The first-order valence-corrected chi connectivity index (χ1v) is 4.45. The molecule has 67 valence electrons. The van der Waals surface area contributed by atoms with E-state index in [1.54, 1.807) is 6.92 Å². The minimum absolute atomic E-state index is 0.0259. The van der Waals surface area contributed by atoms with Gasteiger partial charge >= 0.3 is 0 Å². The summed E-state index contributed by atoms with van der Waals surface area (Å²) in [5, 5.41) is 2.90. The standard InChI is InChI=1S/C11H12NO/c1-8(13)12-11-7-6-9-4-2-3-5-10(9)11/h2-5,7,11H,6H2,1H3,(H,12,13). The Labute approximate surface area is 78.0 Å². The minimum atomic E-state index is 0.0259.